The number of H-pyrrole nitrogens is 1. The molecule has 0 radical (unpaired) electrons. The van der Waals surface area contributed by atoms with Crippen molar-refractivity contribution < 1.29 is 0 Å². The van der Waals surface area contributed by atoms with Gasteiger partial charge in [-0.1, -0.05) is 52.3 Å². The van der Waals surface area contributed by atoms with Crippen molar-refractivity contribution >= 4 is 26.8 Å². The molecule has 2 aromatic carbocycles. The van der Waals surface area contributed by atoms with E-state index in [9.17, 15) is 4.79 Å². The van der Waals surface area contributed by atoms with Crippen molar-refractivity contribution in [1.29, 1.82) is 0 Å². The van der Waals surface area contributed by atoms with Crippen molar-refractivity contribution in [2.45, 2.75) is 5.33 Å². The first-order valence-electron chi connectivity index (χ1n) is 5.92. The lowest BCUT2D eigenvalue weighted by molar-refractivity contribution is 1.18. The number of fused-ring (bicyclic) bond motifs is 1. The fourth-order valence-electron chi connectivity index (χ4n) is 2.00. The lowest BCUT2D eigenvalue weighted by Gasteiger charge is -2.04. The van der Waals surface area contributed by atoms with Gasteiger partial charge in [-0.3, -0.25) is 4.79 Å². The van der Waals surface area contributed by atoms with Crippen LogP contribution in [0.4, 0.5) is 0 Å². The second-order valence-electron chi connectivity index (χ2n) is 4.27. The molecular weight excluding hydrogens is 304 g/mol. The van der Waals surface area contributed by atoms with E-state index in [1.807, 2.05) is 48.5 Å². The number of alkyl halides is 1. The lowest BCUT2D eigenvalue weighted by atomic mass is 10.1. The molecule has 1 heterocycles. The molecule has 0 aliphatic heterocycles. The molecule has 3 aromatic rings. The molecule has 1 N–H and O–H groups in total. The number of hydrogen-bond donors (Lipinski definition) is 1. The summed E-state index contributed by atoms with van der Waals surface area (Å²) in [5.41, 5.74) is 2.58. The first-order chi connectivity index (χ1) is 9.28. The Balaban J connectivity index is 2.23. The second kappa shape index (κ2) is 4.97. The van der Waals surface area contributed by atoms with Gasteiger partial charge in [0.05, 0.1) is 10.9 Å². The van der Waals surface area contributed by atoms with E-state index in [2.05, 4.69) is 25.9 Å². The molecule has 0 spiro atoms. The van der Waals surface area contributed by atoms with Gasteiger partial charge in [0.1, 0.15) is 5.82 Å². The minimum Gasteiger partial charge on any atom is -0.306 e. The first kappa shape index (κ1) is 12.1. The Kier molecular flexibility index (Phi) is 3.17. The molecule has 0 saturated heterocycles. The molecule has 0 fully saturated rings. The van der Waals surface area contributed by atoms with E-state index in [1.165, 1.54) is 0 Å². The summed E-state index contributed by atoms with van der Waals surface area (Å²) in [6.45, 7) is 0. The van der Waals surface area contributed by atoms with Gasteiger partial charge in [0, 0.05) is 10.9 Å². The molecule has 0 unspecified atom stereocenters. The molecular formula is C15H11BrN2O. The van der Waals surface area contributed by atoms with Crippen molar-refractivity contribution in [3.63, 3.8) is 0 Å². The van der Waals surface area contributed by atoms with Gasteiger partial charge >= 0.3 is 0 Å². The summed E-state index contributed by atoms with van der Waals surface area (Å²) in [6.07, 6.45) is 0. The van der Waals surface area contributed by atoms with Crippen LogP contribution >= 0.6 is 15.9 Å². The quantitative estimate of drug-likeness (QED) is 0.736. The number of halogens is 1. The summed E-state index contributed by atoms with van der Waals surface area (Å²) >= 11 is 3.39. The van der Waals surface area contributed by atoms with Gasteiger partial charge in [0.2, 0.25) is 0 Å². The van der Waals surface area contributed by atoms with E-state index in [1.54, 1.807) is 0 Å². The van der Waals surface area contributed by atoms with Crippen molar-refractivity contribution in [2.75, 3.05) is 0 Å². The van der Waals surface area contributed by atoms with Crippen LogP contribution in [-0.4, -0.2) is 9.97 Å². The molecule has 94 valence electrons. The van der Waals surface area contributed by atoms with E-state index in [4.69, 9.17) is 0 Å². The fourth-order valence-corrected chi connectivity index (χ4v) is 2.35. The highest BCUT2D eigenvalue weighted by molar-refractivity contribution is 9.08. The maximum Gasteiger partial charge on any atom is 0.259 e. The van der Waals surface area contributed by atoms with Crippen LogP contribution in [0.25, 0.3) is 22.3 Å². The Hall–Kier alpha value is -1.94. The third-order valence-corrected chi connectivity index (χ3v) is 3.62. The summed E-state index contributed by atoms with van der Waals surface area (Å²) < 4.78 is 0. The third-order valence-electron chi connectivity index (χ3n) is 2.97. The third kappa shape index (κ3) is 2.31. The van der Waals surface area contributed by atoms with Crippen LogP contribution in [0.5, 0.6) is 0 Å². The Morgan fingerprint density at radius 1 is 1.11 bits per heavy atom. The smallest absolute Gasteiger partial charge is 0.259 e. The van der Waals surface area contributed by atoms with Crippen LogP contribution in [0.2, 0.25) is 0 Å². The van der Waals surface area contributed by atoms with E-state index < -0.39 is 0 Å². The van der Waals surface area contributed by atoms with E-state index in [0.29, 0.717) is 16.7 Å². The van der Waals surface area contributed by atoms with Crippen LogP contribution < -0.4 is 5.56 Å². The normalized spacial score (nSPS) is 10.8. The zero-order valence-electron chi connectivity index (χ0n) is 10.1. The Morgan fingerprint density at radius 3 is 2.63 bits per heavy atom. The standard InChI is InChI=1S/C15H11BrN2O/c16-9-10-6-7-13-12(8-10)15(19)18-14(17-13)11-4-2-1-3-5-11/h1-8H,9H2,(H,17,18,19). The highest BCUT2D eigenvalue weighted by Crippen LogP contribution is 2.17. The monoisotopic (exact) mass is 314 g/mol. The summed E-state index contributed by atoms with van der Waals surface area (Å²) in [6, 6.07) is 15.4. The van der Waals surface area contributed by atoms with Crippen molar-refractivity contribution in [1.82, 2.24) is 9.97 Å². The molecule has 0 aliphatic carbocycles. The van der Waals surface area contributed by atoms with Gasteiger partial charge in [0.25, 0.3) is 5.56 Å². The van der Waals surface area contributed by atoms with Crippen LogP contribution in [-0.2, 0) is 5.33 Å². The highest BCUT2D eigenvalue weighted by atomic mass is 79.9. The minimum absolute atomic E-state index is 0.105. The average molecular weight is 315 g/mol. The Labute approximate surface area is 118 Å². The number of hydrogen-bond acceptors (Lipinski definition) is 2. The maximum absolute atomic E-state index is 12.1. The maximum atomic E-state index is 12.1. The molecule has 19 heavy (non-hydrogen) atoms. The van der Waals surface area contributed by atoms with E-state index >= 15 is 0 Å². The predicted molar refractivity (Wildman–Crippen MR) is 80.4 cm³/mol. The molecule has 4 heteroatoms. The topological polar surface area (TPSA) is 45.8 Å². The minimum atomic E-state index is -0.105. The SMILES string of the molecule is O=c1[nH]c(-c2ccccc2)nc2ccc(CBr)cc12. The fraction of sp³-hybridized carbons (Fsp3) is 0.0667. The van der Waals surface area contributed by atoms with Crippen molar-refractivity contribution in [3.8, 4) is 11.4 Å². The molecule has 3 nitrogen and oxygen atoms in total. The second-order valence-corrected chi connectivity index (χ2v) is 4.83. The first-order valence-corrected chi connectivity index (χ1v) is 7.04. The van der Waals surface area contributed by atoms with Gasteiger partial charge in [-0.25, -0.2) is 4.98 Å². The number of nitrogens with one attached hydrogen (secondary N) is 1. The zero-order valence-corrected chi connectivity index (χ0v) is 11.6. The Morgan fingerprint density at radius 2 is 1.89 bits per heavy atom. The van der Waals surface area contributed by atoms with E-state index in [0.717, 1.165) is 16.5 Å². The molecule has 0 atom stereocenters. The zero-order chi connectivity index (χ0) is 13.2. The summed E-state index contributed by atoms with van der Waals surface area (Å²) in [4.78, 5) is 19.5. The molecule has 3 rings (SSSR count). The summed E-state index contributed by atoms with van der Waals surface area (Å²) in [5.74, 6) is 0.602. The van der Waals surface area contributed by atoms with Crippen LogP contribution in [0, 0.1) is 0 Å². The molecule has 0 bridgehead atoms. The lowest BCUT2D eigenvalue weighted by Crippen LogP contribution is -2.09. The van der Waals surface area contributed by atoms with Crippen molar-refractivity contribution in [2.24, 2.45) is 0 Å². The van der Waals surface area contributed by atoms with Crippen molar-refractivity contribution in [3.05, 3.63) is 64.4 Å². The average Bonchev–Trinajstić information content (AvgIpc) is 2.48. The number of benzene rings is 2. The van der Waals surface area contributed by atoms with Gasteiger partial charge in [-0.05, 0) is 17.7 Å². The number of rotatable bonds is 2. The molecule has 0 saturated carbocycles. The summed E-state index contributed by atoms with van der Waals surface area (Å²) in [7, 11) is 0. The van der Waals surface area contributed by atoms with Gasteiger partial charge in [-0.15, -0.1) is 0 Å². The van der Waals surface area contributed by atoms with E-state index in [-0.39, 0.29) is 5.56 Å². The number of aromatic nitrogens is 2. The molecule has 0 amide bonds. The summed E-state index contributed by atoms with van der Waals surface area (Å²) in [5, 5.41) is 1.35. The predicted octanol–water partition coefficient (Wildman–Crippen LogP) is 3.49. The largest absolute Gasteiger partial charge is 0.306 e. The number of nitrogens with zero attached hydrogens (tertiary/aromatic N) is 1. The van der Waals surface area contributed by atoms with Gasteiger partial charge < -0.3 is 4.98 Å². The van der Waals surface area contributed by atoms with Gasteiger partial charge in [-0.2, -0.15) is 0 Å². The number of aromatic amines is 1. The van der Waals surface area contributed by atoms with Crippen LogP contribution in [0.15, 0.2) is 53.3 Å². The van der Waals surface area contributed by atoms with Crippen LogP contribution in [0.1, 0.15) is 5.56 Å². The molecule has 0 aliphatic rings. The molecule has 1 aromatic heterocycles. The van der Waals surface area contributed by atoms with Gasteiger partial charge in [0.15, 0.2) is 0 Å². The Bertz CT molecular complexity index is 781. The van der Waals surface area contributed by atoms with Crippen LogP contribution in [0.3, 0.4) is 0 Å². The highest BCUT2D eigenvalue weighted by Gasteiger charge is 2.06.